The average molecular weight is 317 g/mol. The van der Waals surface area contributed by atoms with Crippen LogP contribution in [-0.4, -0.2) is 73.6 Å². The molecule has 126 valence electrons. The van der Waals surface area contributed by atoms with Crippen LogP contribution >= 0.6 is 0 Å². The largest absolute Gasteiger partial charge is 0.330 e. The number of piperazine rings is 1. The molecule has 0 bridgehead atoms. The molecule has 0 saturated carbocycles. The van der Waals surface area contributed by atoms with Crippen LogP contribution in [0.25, 0.3) is 11.5 Å². The highest BCUT2D eigenvalue weighted by molar-refractivity contribution is 5.47. The molecule has 2 aromatic heterocycles. The summed E-state index contributed by atoms with van der Waals surface area (Å²) in [4.78, 5) is 9.33. The van der Waals surface area contributed by atoms with Gasteiger partial charge in [0.2, 0.25) is 0 Å². The highest BCUT2D eigenvalue weighted by atomic mass is 15.4. The van der Waals surface area contributed by atoms with Crippen LogP contribution < -0.4 is 0 Å². The van der Waals surface area contributed by atoms with Crippen molar-refractivity contribution in [2.45, 2.75) is 39.4 Å². The summed E-state index contributed by atoms with van der Waals surface area (Å²) < 4.78 is 4.08. The van der Waals surface area contributed by atoms with E-state index >= 15 is 0 Å². The van der Waals surface area contributed by atoms with Gasteiger partial charge < -0.3 is 9.47 Å². The minimum Gasteiger partial charge on any atom is -0.330 e. The lowest BCUT2D eigenvalue weighted by Gasteiger charge is -2.36. The van der Waals surface area contributed by atoms with Gasteiger partial charge in [-0.1, -0.05) is 12.1 Å². The number of aromatic nitrogens is 5. The third-order valence-corrected chi connectivity index (χ3v) is 4.56. The van der Waals surface area contributed by atoms with Gasteiger partial charge in [0.05, 0.1) is 12.7 Å². The summed E-state index contributed by atoms with van der Waals surface area (Å²) in [5.74, 6) is 0.908. The van der Waals surface area contributed by atoms with Crippen molar-refractivity contribution < 1.29 is 0 Å². The zero-order chi connectivity index (χ0) is 16.2. The van der Waals surface area contributed by atoms with E-state index in [1.165, 1.54) is 0 Å². The van der Waals surface area contributed by atoms with Gasteiger partial charge >= 0.3 is 0 Å². The van der Waals surface area contributed by atoms with Crippen molar-refractivity contribution in [2.24, 2.45) is 0 Å². The lowest BCUT2D eigenvalue weighted by molar-refractivity contribution is 0.108. The van der Waals surface area contributed by atoms with Crippen LogP contribution in [0, 0.1) is 0 Å². The van der Waals surface area contributed by atoms with Crippen molar-refractivity contribution in [3.05, 3.63) is 18.6 Å². The Balaban J connectivity index is 1.64. The summed E-state index contributed by atoms with van der Waals surface area (Å²) in [6.07, 6.45) is 6.93. The van der Waals surface area contributed by atoms with Gasteiger partial charge in [-0.15, -0.1) is 5.10 Å². The molecule has 0 amide bonds. The highest BCUT2D eigenvalue weighted by Crippen LogP contribution is 2.15. The first kappa shape index (κ1) is 16.1. The molecule has 0 spiro atoms. The Bertz CT molecular complexity index is 609. The second kappa shape index (κ2) is 7.23. The first-order chi connectivity index (χ1) is 11.2. The summed E-state index contributed by atoms with van der Waals surface area (Å²) in [7, 11) is 2.18. The maximum atomic E-state index is 4.43. The number of likely N-dealkylation sites (N-methyl/N-ethyl adjacent to an activating group) is 1. The predicted octanol–water partition coefficient (Wildman–Crippen LogP) is 1.19. The third-order valence-electron chi connectivity index (χ3n) is 4.56. The fourth-order valence-corrected chi connectivity index (χ4v) is 3.10. The van der Waals surface area contributed by atoms with Crippen molar-refractivity contribution >= 4 is 0 Å². The van der Waals surface area contributed by atoms with Crippen LogP contribution in [0.5, 0.6) is 0 Å². The van der Waals surface area contributed by atoms with Crippen molar-refractivity contribution in [3.63, 3.8) is 0 Å². The van der Waals surface area contributed by atoms with E-state index in [1.54, 1.807) is 0 Å². The van der Waals surface area contributed by atoms with Crippen LogP contribution in [0.1, 0.15) is 20.3 Å². The summed E-state index contributed by atoms with van der Waals surface area (Å²) >= 11 is 0. The van der Waals surface area contributed by atoms with E-state index in [4.69, 9.17) is 0 Å². The van der Waals surface area contributed by atoms with E-state index in [9.17, 15) is 0 Å². The van der Waals surface area contributed by atoms with Gasteiger partial charge in [0.25, 0.3) is 0 Å². The van der Waals surface area contributed by atoms with Gasteiger partial charge in [-0.3, -0.25) is 9.58 Å². The van der Waals surface area contributed by atoms with Crippen molar-refractivity contribution in [1.29, 1.82) is 0 Å². The topological polar surface area (TPSA) is 55.0 Å². The minimum absolute atomic E-state index is 0.466. The molecule has 1 aliphatic rings. The van der Waals surface area contributed by atoms with Crippen molar-refractivity contribution in [3.8, 4) is 11.5 Å². The van der Waals surface area contributed by atoms with Gasteiger partial charge in [0.1, 0.15) is 5.69 Å². The maximum Gasteiger partial charge on any atom is 0.162 e. The SMILES string of the molecule is CCCn1ccnc1-c1cn(C[C@@H](C)N2CCN(C)CC2)nn1. The monoisotopic (exact) mass is 317 g/mol. The van der Waals surface area contributed by atoms with Crippen LogP contribution in [-0.2, 0) is 13.1 Å². The number of hydrogen-bond donors (Lipinski definition) is 0. The van der Waals surface area contributed by atoms with E-state index < -0.39 is 0 Å². The molecular formula is C16H27N7. The van der Waals surface area contributed by atoms with Crippen LogP contribution in [0.4, 0.5) is 0 Å². The molecule has 2 aromatic rings. The van der Waals surface area contributed by atoms with Crippen LogP contribution in [0.2, 0.25) is 0 Å². The van der Waals surface area contributed by atoms with E-state index in [1.807, 2.05) is 23.3 Å². The summed E-state index contributed by atoms with van der Waals surface area (Å²) in [6, 6.07) is 0.466. The molecule has 1 fully saturated rings. The van der Waals surface area contributed by atoms with Crippen molar-refractivity contribution in [1.82, 2.24) is 34.3 Å². The predicted molar refractivity (Wildman–Crippen MR) is 90.1 cm³/mol. The van der Waals surface area contributed by atoms with E-state index in [-0.39, 0.29) is 0 Å². The maximum absolute atomic E-state index is 4.43. The highest BCUT2D eigenvalue weighted by Gasteiger charge is 2.20. The quantitative estimate of drug-likeness (QED) is 0.801. The Morgan fingerprint density at radius 1 is 1.22 bits per heavy atom. The zero-order valence-corrected chi connectivity index (χ0v) is 14.4. The van der Waals surface area contributed by atoms with Gasteiger partial charge in [0, 0.05) is 51.2 Å². The van der Waals surface area contributed by atoms with Gasteiger partial charge in [-0.2, -0.15) is 0 Å². The fourth-order valence-electron chi connectivity index (χ4n) is 3.10. The molecule has 0 unspecified atom stereocenters. The summed E-state index contributed by atoms with van der Waals surface area (Å²) in [6.45, 7) is 10.8. The number of hydrogen-bond acceptors (Lipinski definition) is 5. The van der Waals surface area contributed by atoms with Crippen LogP contribution in [0.15, 0.2) is 18.6 Å². The zero-order valence-electron chi connectivity index (χ0n) is 14.4. The molecule has 1 saturated heterocycles. The molecule has 1 aliphatic heterocycles. The number of aryl methyl sites for hydroxylation is 1. The molecule has 1 atom stereocenters. The second-order valence-electron chi connectivity index (χ2n) is 6.46. The van der Waals surface area contributed by atoms with E-state index in [2.05, 4.69) is 50.6 Å². The Labute approximate surface area is 137 Å². The van der Waals surface area contributed by atoms with Crippen molar-refractivity contribution in [2.75, 3.05) is 33.2 Å². The molecule has 3 rings (SSSR count). The molecule has 3 heterocycles. The Hall–Kier alpha value is -1.73. The van der Waals surface area contributed by atoms with Gasteiger partial charge in [-0.25, -0.2) is 4.98 Å². The number of rotatable bonds is 6. The molecule has 0 aromatic carbocycles. The van der Waals surface area contributed by atoms with E-state index in [0.717, 1.165) is 57.2 Å². The summed E-state index contributed by atoms with van der Waals surface area (Å²) in [5, 5.41) is 8.61. The Morgan fingerprint density at radius 2 is 2.00 bits per heavy atom. The fraction of sp³-hybridized carbons (Fsp3) is 0.688. The minimum atomic E-state index is 0.466. The Kier molecular flexibility index (Phi) is 5.07. The molecule has 7 heteroatoms. The normalized spacial score (nSPS) is 18.4. The lowest BCUT2D eigenvalue weighted by atomic mass is 10.2. The smallest absolute Gasteiger partial charge is 0.162 e. The summed E-state index contributed by atoms with van der Waals surface area (Å²) in [5.41, 5.74) is 0.856. The lowest BCUT2D eigenvalue weighted by Crippen LogP contribution is -2.49. The average Bonchev–Trinajstić information content (AvgIpc) is 3.17. The molecular weight excluding hydrogens is 290 g/mol. The van der Waals surface area contributed by atoms with E-state index in [0.29, 0.717) is 6.04 Å². The standard InChI is InChI=1S/C16H27N7/c1-4-6-22-7-5-17-16(22)15-13-23(19-18-15)12-14(2)21-10-8-20(3)9-11-21/h5,7,13-14H,4,6,8-12H2,1-3H3/t14-/m1/s1. The Morgan fingerprint density at radius 3 is 2.74 bits per heavy atom. The molecule has 0 aliphatic carbocycles. The van der Waals surface area contributed by atoms with Gasteiger partial charge in [0.15, 0.2) is 5.82 Å². The first-order valence-electron chi connectivity index (χ1n) is 8.51. The molecule has 7 nitrogen and oxygen atoms in total. The first-order valence-corrected chi connectivity index (χ1v) is 8.51. The van der Waals surface area contributed by atoms with Gasteiger partial charge in [-0.05, 0) is 20.4 Å². The molecule has 23 heavy (non-hydrogen) atoms. The second-order valence-corrected chi connectivity index (χ2v) is 6.46. The molecule has 0 radical (unpaired) electrons. The molecule has 0 N–H and O–H groups in total. The number of imidazole rings is 1. The third kappa shape index (κ3) is 3.79. The van der Waals surface area contributed by atoms with Crippen LogP contribution in [0.3, 0.4) is 0 Å². The number of nitrogens with zero attached hydrogens (tertiary/aromatic N) is 7.